The number of aromatic nitrogens is 1. The predicted molar refractivity (Wildman–Crippen MR) is 73.5 cm³/mol. The molecule has 0 saturated carbocycles. The zero-order valence-corrected chi connectivity index (χ0v) is 12.0. The van der Waals surface area contributed by atoms with E-state index in [-0.39, 0.29) is 29.8 Å². The number of carbonyl (C=O) groups excluding carboxylic acids is 1. The third-order valence-electron chi connectivity index (χ3n) is 2.21. The molecule has 1 heterocycles. The topological polar surface area (TPSA) is 77.1 Å². The van der Waals surface area contributed by atoms with Crippen molar-refractivity contribution in [2.75, 3.05) is 11.9 Å². The molecule has 0 aromatic carbocycles. The van der Waals surface area contributed by atoms with E-state index in [1.807, 2.05) is 0 Å². The van der Waals surface area contributed by atoms with Gasteiger partial charge >= 0.3 is 0 Å². The van der Waals surface area contributed by atoms with Crippen LogP contribution < -0.4 is 16.6 Å². The van der Waals surface area contributed by atoms with E-state index in [0.29, 0.717) is 16.7 Å². The van der Waals surface area contributed by atoms with Crippen molar-refractivity contribution in [2.45, 2.75) is 6.92 Å². The average molecular weight is 325 g/mol. The minimum absolute atomic E-state index is 0. The van der Waals surface area contributed by atoms with Crippen LogP contribution in [0.4, 0.5) is 5.69 Å². The van der Waals surface area contributed by atoms with Crippen molar-refractivity contribution in [1.82, 2.24) is 4.57 Å². The third kappa shape index (κ3) is 4.14. The molecule has 1 atom stereocenters. The van der Waals surface area contributed by atoms with Gasteiger partial charge in [0.05, 0.1) is 10.2 Å². The smallest absolute Gasteiger partial charge is 0.264 e. The number of nitrogens with two attached hydrogens (primary N) is 1. The molecule has 96 valence electrons. The van der Waals surface area contributed by atoms with Gasteiger partial charge in [-0.25, -0.2) is 0 Å². The van der Waals surface area contributed by atoms with Crippen LogP contribution in [0, 0.1) is 5.92 Å². The maximum atomic E-state index is 11.6. The molecule has 1 aromatic rings. The molecule has 17 heavy (non-hydrogen) atoms. The predicted octanol–water partition coefficient (Wildman–Crippen LogP) is 1.10. The van der Waals surface area contributed by atoms with E-state index in [4.69, 9.17) is 5.73 Å². The van der Waals surface area contributed by atoms with Crippen molar-refractivity contribution < 1.29 is 4.79 Å². The summed E-state index contributed by atoms with van der Waals surface area (Å²) >= 11 is 3.13. The van der Waals surface area contributed by atoms with Gasteiger partial charge < -0.3 is 15.6 Å². The molecule has 0 aliphatic rings. The Kier molecular flexibility index (Phi) is 6.44. The molecule has 5 nitrogen and oxygen atoms in total. The largest absolute Gasteiger partial charge is 0.330 e. The molecule has 0 aliphatic carbocycles. The highest BCUT2D eigenvalue weighted by atomic mass is 79.9. The minimum atomic E-state index is -0.254. The van der Waals surface area contributed by atoms with Gasteiger partial charge in [-0.1, -0.05) is 6.92 Å². The molecule has 0 saturated heterocycles. The summed E-state index contributed by atoms with van der Waals surface area (Å²) in [5, 5.41) is 2.69. The summed E-state index contributed by atoms with van der Waals surface area (Å²) in [5.74, 6) is -0.413. The van der Waals surface area contributed by atoms with E-state index >= 15 is 0 Å². The van der Waals surface area contributed by atoms with Gasteiger partial charge in [0.15, 0.2) is 0 Å². The molecule has 0 bridgehead atoms. The molecule has 0 radical (unpaired) electrons. The molecule has 0 spiro atoms. The van der Waals surface area contributed by atoms with Gasteiger partial charge in [-0.3, -0.25) is 9.59 Å². The lowest BCUT2D eigenvalue weighted by Crippen LogP contribution is -2.27. The van der Waals surface area contributed by atoms with E-state index in [0.717, 1.165) is 0 Å². The van der Waals surface area contributed by atoms with Crippen molar-refractivity contribution in [3.05, 3.63) is 27.1 Å². The lowest BCUT2D eigenvalue weighted by molar-refractivity contribution is -0.119. The molecular weight excluding hydrogens is 309 g/mol. The summed E-state index contributed by atoms with van der Waals surface area (Å²) < 4.78 is 1.81. The number of hydrogen-bond donors (Lipinski definition) is 2. The molecule has 1 aromatic heterocycles. The van der Waals surface area contributed by atoms with Gasteiger partial charge in [0.2, 0.25) is 5.91 Å². The molecule has 0 fully saturated rings. The zero-order valence-electron chi connectivity index (χ0n) is 9.57. The molecule has 3 N–H and O–H groups in total. The van der Waals surface area contributed by atoms with Crippen LogP contribution >= 0.6 is 28.3 Å². The van der Waals surface area contributed by atoms with Crippen molar-refractivity contribution in [1.29, 1.82) is 0 Å². The normalized spacial score (nSPS) is 11.5. The zero-order chi connectivity index (χ0) is 12.3. The summed E-state index contributed by atoms with van der Waals surface area (Å²) in [6.07, 6.45) is 1.56. The van der Waals surface area contributed by atoms with E-state index in [1.165, 1.54) is 4.57 Å². The average Bonchev–Trinajstić information content (AvgIpc) is 2.24. The standard InChI is InChI=1S/C10H14BrN3O2.ClH/c1-6(4-12)9(15)13-7-3-8(11)10(16)14(2)5-7;/h3,5-6H,4,12H2,1-2H3,(H,13,15);1H. The Morgan fingerprint density at radius 1 is 1.65 bits per heavy atom. The number of aryl methyl sites for hydroxylation is 1. The summed E-state index contributed by atoms with van der Waals surface area (Å²) in [6.45, 7) is 2.03. The van der Waals surface area contributed by atoms with Gasteiger partial charge in [0.1, 0.15) is 0 Å². The van der Waals surface area contributed by atoms with Gasteiger partial charge in [-0.15, -0.1) is 12.4 Å². The number of nitrogens with one attached hydrogen (secondary N) is 1. The third-order valence-corrected chi connectivity index (χ3v) is 2.78. The highest BCUT2D eigenvalue weighted by Crippen LogP contribution is 2.12. The molecule has 1 amide bonds. The van der Waals surface area contributed by atoms with Crippen LogP contribution in [0.1, 0.15) is 6.92 Å². The van der Waals surface area contributed by atoms with Gasteiger partial charge in [-0.05, 0) is 22.0 Å². The van der Waals surface area contributed by atoms with Crippen LogP contribution in [0.2, 0.25) is 0 Å². The fourth-order valence-corrected chi connectivity index (χ4v) is 1.64. The lowest BCUT2D eigenvalue weighted by Gasteiger charge is -2.11. The quantitative estimate of drug-likeness (QED) is 0.874. The number of anilines is 1. The molecule has 7 heteroatoms. The molecular formula is C10H15BrClN3O2. The second-order valence-electron chi connectivity index (χ2n) is 3.62. The number of nitrogens with zero attached hydrogens (tertiary/aromatic N) is 1. The number of halogens is 2. The van der Waals surface area contributed by atoms with Gasteiger partial charge in [-0.2, -0.15) is 0 Å². The van der Waals surface area contributed by atoms with Crippen molar-refractivity contribution in [3.8, 4) is 0 Å². The second-order valence-corrected chi connectivity index (χ2v) is 4.47. The first kappa shape index (κ1) is 16.1. The van der Waals surface area contributed by atoms with Crippen LogP contribution in [0.15, 0.2) is 21.5 Å². The van der Waals surface area contributed by atoms with Gasteiger partial charge in [0.25, 0.3) is 5.56 Å². The van der Waals surface area contributed by atoms with E-state index in [9.17, 15) is 9.59 Å². The number of rotatable bonds is 3. The van der Waals surface area contributed by atoms with Crippen molar-refractivity contribution in [2.24, 2.45) is 18.7 Å². The first-order chi connectivity index (χ1) is 7.45. The first-order valence-electron chi connectivity index (χ1n) is 4.82. The Balaban J connectivity index is 0.00000256. The summed E-state index contributed by atoms with van der Waals surface area (Å²) in [5.41, 5.74) is 5.81. The lowest BCUT2D eigenvalue weighted by atomic mass is 10.1. The summed E-state index contributed by atoms with van der Waals surface area (Å²) in [6, 6.07) is 1.57. The Hall–Kier alpha value is -0.850. The highest BCUT2D eigenvalue weighted by molar-refractivity contribution is 9.10. The maximum Gasteiger partial charge on any atom is 0.264 e. The number of carbonyl (C=O) groups is 1. The fraction of sp³-hybridized carbons (Fsp3) is 0.400. The molecule has 1 unspecified atom stereocenters. The number of hydrogen-bond acceptors (Lipinski definition) is 3. The maximum absolute atomic E-state index is 11.6. The van der Waals surface area contributed by atoms with Crippen LogP contribution in [0.25, 0.3) is 0 Å². The summed E-state index contributed by atoms with van der Waals surface area (Å²) in [4.78, 5) is 22.9. The van der Waals surface area contributed by atoms with Gasteiger partial charge in [0, 0.05) is 25.7 Å². The Bertz CT molecular complexity index is 435. The first-order valence-corrected chi connectivity index (χ1v) is 5.62. The van der Waals surface area contributed by atoms with E-state index in [2.05, 4.69) is 21.2 Å². The Morgan fingerprint density at radius 3 is 2.71 bits per heavy atom. The Labute approximate surface area is 114 Å². The van der Waals surface area contributed by atoms with E-state index in [1.54, 1.807) is 26.2 Å². The second kappa shape index (κ2) is 6.78. The van der Waals surface area contributed by atoms with Crippen molar-refractivity contribution in [3.63, 3.8) is 0 Å². The minimum Gasteiger partial charge on any atom is -0.330 e. The monoisotopic (exact) mass is 323 g/mol. The van der Waals surface area contributed by atoms with Crippen LogP contribution in [-0.2, 0) is 11.8 Å². The fourth-order valence-electron chi connectivity index (χ4n) is 1.11. The number of pyridine rings is 1. The van der Waals surface area contributed by atoms with Crippen molar-refractivity contribution >= 4 is 39.9 Å². The highest BCUT2D eigenvalue weighted by Gasteiger charge is 2.11. The van der Waals surface area contributed by atoms with Crippen LogP contribution in [-0.4, -0.2) is 17.0 Å². The molecule has 1 rings (SSSR count). The van der Waals surface area contributed by atoms with Crippen LogP contribution in [0.5, 0.6) is 0 Å². The van der Waals surface area contributed by atoms with Crippen LogP contribution in [0.3, 0.4) is 0 Å². The summed E-state index contributed by atoms with van der Waals surface area (Å²) in [7, 11) is 1.62. The Morgan fingerprint density at radius 2 is 2.24 bits per heavy atom. The number of amides is 1. The van der Waals surface area contributed by atoms with E-state index < -0.39 is 0 Å². The SMILES string of the molecule is CC(CN)C(=O)Nc1cc(Br)c(=O)n(C)c1.Cl. The molecule has 0 aliphatic heterocycles.